The van der Waals surface area contributed by atoms with Crippen LogP contribution in [0.1, 0.15) is 20.6 Å². The molecule has 0 amide bonds. The van der Waals surface area contributed by atoms with Crippen molar-refractivity contribution in [3.05, 3.63) is 176 Å². The summed E-state index contributed by atoms with van der Waals surface area (Å²) >= 11 is 0. The molecule has 0 N–H and O–H groups in total. The number of benzene rings is 8. The summed E-state index contributed by atoms with van der Waals surface area (Å²) in [6, 6.07) is 14.4. The van der Waals surface area contributed by atoms with Gasteiger partial charge < -0.3 is 9.32 Å². The maximum Gasteiger partial charge on any atom is 0.143 e. The van der Waals surface area contributed by atoms with Gasteiger partial charge in [-0.25, -0.2) is 0 Å². The van der Waals surface area contributed by atoms with Gasteiger partial charge in [0.05, 0.1) is 37.3 Å². The first kappa shape index (κ1) is 15.2. The zero-order chi connectivity index (χ0) is 43.5. The molecule has 0 atom stereocenters. The standard InChI is InChI=1S/C44H29NO/c1-2-12-31(13-3-1)37-18-8-9-21-40(37)45(34-27-24-33(25-28-34)36-20-10-16-30-14-4-6-17-35(30)36)41-22-11-23-42-43(41)39-29-26-32-15-5-7-19-38(32)44(39)46-42/h1-29H/i4D,6D,8D,9D,10D,14D,16D,17D,18D,20D,21D,24D,25D,27D,28D. The van der Waals surface area contributed by atoms with Crippen molar-refractivity contribution < 1.29 is 25.0 Å². The van der Waals surface area contributed by atoms with Crippen LogP contribution in [0.2, 0.25) is 0 Å². The van der Waals surface area contributed by atoms with Crippen LogP contribution >= 0.6 is 0 Å². The highest BCUT2D eigenvalue weighted by Gasteiger charge is 2.22. The number of hydrogen-bond acceptors (Lipinski definition) is 2. The van der Waals surface area contributed by atoms with Crippen molar-refractivity contribution in [2.45, 2.75) is 0 Å². The molecule has 0 saturated heterocycles. The number of hydrogen-bond donors (Lipinski definition) is 0. The largest absolute Gasteiger partial charge is 0.455 e. The second kappa shape index (κ2) is 10.8. The summed E-state index contributed by atoms with van der Waals surface area (Å²) in [7, 11) is 0. The summed E-state index contributed by atoms with van der Waals surface area (Å²) in [6.07, 6.45) is 0. The molecule has 0 saturated carbocycles. The van der Waals surface area contributed by atoms with E-state index in [2.05, 4.69) is 0 Å². The van der Waals surface area contributed by atoms with Crippen LogP contribution in [0.25, 0.3) is 65.7 Å². The Morgan fingerprint density at radius 1 is 0.457 bits per heavy atom. The van der Waals surface area contributed by atoms with E-state index in [1.54, 1.807) is 48.5 Å². The van der Waals surface area contributed by atoms with Crippen molar-refractivity contribution in [1.82, 2.24) is 0 Å². The average molecular weight is 603 g/mol. The van der Waals surface area contributed by atoms with E-state index in [4.69, 9.17) is 16.8 Å². The third-order valence-electron chi connectivity index (χ3n) is 7.96. The first-order valence-electron chi connectivity index (χ1n) is 22.0. The van der Waals surface area contributed by atoms with Crippen LogP contribution in [0.15, 0.2) is 180 Å². The van der Waals surface area contributed by atoms with Gasteiger partial charge in [-0.3, -0.25) is 0 Å². The molecule has 9 rings (SSSR count). The van der Waals surface area contributed by atoms with Crippen molar-refractivity contribution in [3.63, 3.8) is 0 Å². The molecule has 8 aromatic carbocycles. The summed E-state index contributed by atoms with van der Waals surface area (Å²) in [5.74, 6) is 0. The fourth-order valence-corrected chi connectivity index (χ4v) is 5.90. The third-order valence-corrected chi connectivity index (χ3v) is 7.96. The van der Waals surface area contributed by atoms with Gasteiger partial charge in [-0.15, -0.1) is 0 Å². The zero-order valence-electron chi connectivity index (χ0n) is 38.9. The minimum atomic E-state index is -0.780. The summed E-state index contributed by atoms with van der Waals surface area (Å²) in [4.78, 5) is 1.27. The second-order valence-electron chi connectivity index (χ2n) is 10.6. The molecule has 0 spiro atoms. The molecular formula is C44H29NO. The lowest BCUT2D eigenvalue weighted by atomic mass is 9.97. The molecule has 0 bridgehead atoms. The van der Waals surface area contributed by atoms with Gasteiger partial charge in [0.25, 0.3) is 0 Å². The fraction of sp³-hybridized carbons (Fsp3) is 0. The van der Waals surface area contributed by atoms with E-state index in [1.807, 2.05) is 36.4 Å². The smallest absolute Gasteiger partial charge is 0.143 e. The Bertz CT molecular complexity index is 3350. The zero-order valence-corrected chi connectivity index (χ0v) is 23.9. The van der Waals surface area contributed by atoms with Crippen LogP contribution < -0.4 is 4.90 Å². The number of anilines is 3. The Hall–Kier alpha value is -6.12. The Morgan fingerprint density at radius 2 is 1.22 bits per heavy atom. The molecule has 0 radical (unpaired) electrons. The van der Waals surface area contributed by atoms with Crippen molar-refractivity contribution in [2.75, 3.05) is 4.90 Å². The number of fused-ring (bicyclic) bond motifs is 6. The van der Waals surface area contributed by atoms with E-state index >= 15 is 0 Å². The molecule has 9 aromatic rings. The van der Waals surface area contributed by atoms with Crippen molar-refractivity contribution in [2.24, 2.45) is 0 Å². The summed E-state index contributed by atoms with van der Waals surface area (Å²) < 4.78 is 141. The van der Waals surface area contributed by atoms with Crippen molar-refractivity contribution in [1.29, 1.82) is 0 Å². The number of rotatable bonds is 5. The van der Waals surface area contributed by atoms with E-state index < -0.39 is 118 Å². The Kier molecular flexibility index (Phi) is 3.58. The van der Waals surface area contributed by atoms with E-state index in [0.717, 1.165) is 10.8 Å². The van der Waals surface area contributed by atoms with Gasteiger partial charge in [0, 0.05) is 22.0 Å². The SMILES string of the molecule is [2H]c1c([2H])c([2H])c(N(c2c([2H])c([2H])c(-c3c([2H])c([2H])c([2H])c4c([2H])c([2H])c([2H])c([2H])c34)c([2H])c2[2H])c2cccc3oc4c5ccccc5ccc4c23)c(-c2ccccc2)c1[2H]. The first-order chi connectivity index (χ1) is 29.1. The topological polar surface area (TPSA) is 16.4 Å². The predicted octanol–water partition coefficient (Wildman–Crippen LogP) is 12.7. The van der Waals surface area contributed by atoms with Crippen molar-refractivity contribution in [3.8, 4) is 22.3 Å². The highest BCUT2D eigenvalue weighted by molar-refractivity contribution is 6.19. The fourth-order valence-electron chi connectivity index (χ4n) is 5.90. The molecule has 0 aliphatic carbocycles. The number of furan rings is 1. The number of nitrogens with zero attached hydrogens (tertiary/aromatic N) is 1. The van der Waals surface area contributed by atoms with Gasteiger partial charge in [-0.1, -0.05) is 139 Å². The number of para-hydroxylation sites is 1. The van der Waals surface area contributed by atoms with Gasteiger partial charge in [0.15, 0.2) is 0 Å². The monoisotopic (exact) mass is 602 g/mol. The van der Waals surface area contributed by atoms with E-state index in [-0.39, 0.29) is 16.9 Å². The Morgan fingerprint density at radius 3 is 2.13 bits per heavy atom. The highest BCUT2D eigenvalue weighted by Crippen LogP contribution is 2.47. The lowest BCUT2D eigenvalue weighted by molar-refractivity contribution is 0.672. The second-order valence-corrected chi connectivity index (χ2v) is 10.6. The van der Waals surface area contributed by atoms with Crippen LogP contribution in [0, 0.1) is 0 Å². The summed E-state index contributed by atoms with van der Waals surface area (Å²) in [5.41, 5.74) is -0.361. The van der Waals surface area contributed by atoms with Gasteiger partial charge in [-0.2, -0.15) is 0 Å². The average Bonchev–Trinajstić information content (AvgIpc) is 3.66. The van der Waals surface area contributed by atoms with Crippen molar-refractivity contribution >= 4 is 60.5 Å². The highest BCUT2D eigenvalue weighted by atomic mass is 16.3. The van der Waals surface area contributed by atoms with Crippen LogP contribution in [0.3, 0.4) is 0 Å². The molecule has 2 nitrogen and oxygen atoms in total. The minimum Gasteiger partial charge on any atom is -0.455 e. The van der Waals surface area contributed by atoms with Gasteiger partial charge >= 0.3 is 0 Å². The van der Waals surface area contributed by atoms with Crippen LogP contribution in [0.5, 0.6) is 0 Å². The Balaban J connectivity index is 1.47. The molecule has 0 aliphatic rings. The van der Waals surface area contributed by atoms with E-state index in [9.17, 15) is 8.22 Å². The molecule has 46 heavy (non-hydrogen) atoms. The molecule has 1 heterocycles. The van der Waals surface area contributed by atoms with E-state index in [1.165, 1.54) is 4.90 Å². The predicted molar refractivity (Wildman–Crippen MR) is 194 cm³/mol. The van der Waals surface area contributed by atoms with Gasteiger partial charge in [0.2, 0.25) is 0 Å². The van der Waals surface area contributed by atoms with Gasteiger partial charge in [-0.05, 0) is 69.2 Å². The lowest BCUT2D eigenvalue weighted by Gasteiger charge is -2.28. The third kappa shape index (κ3) is 4.27. The maximum atomic E-state index is 9.69. The molecule has 2 heteroatoms. The minimum absolute atomic E-state index is 0.0110. The molecular weight excluding hydrogens is 558 g/mol. The summed E-state index contributed by atoms with van der Waals surface area (Å²) in [6.45, 7) is 0. The molecule has 1 aromatic heterocycles. The van der Waals surface area contributed by atoms with E-state index in [0.29, 0.717) is 27.5 Å². The van der Waals surface area contributed by atoms with Gasteiger partial charge in [0.1, 0.15) is 11.2 Å². The molecule has 0 unspecified atom stereocenters. The van der Waals surface area contributed by atoms with Crippen LogP contribution in [0.4, 0.5) is 17.1 Å². The normalized spacial score (nSPS) is 16.0. The first-order valence-corrected chi connectivity index (χ1v) is 14.5. The maximum absolute atomic E-state index is 9.69. The van der Waals surface area contributed by atoms with Crippen LogP contribution in [-0.4, -0.2) is 0 Å². The summed E-state index contributed by atoms with van der Waals surface area (Å²) in [5, 5.41) is 1.82. The quantitative estimate of drug-likeness (QED) is 0.195. The Labute approximate surface area is 288 Å². The lowest BCUT2D eigenvalue weighted by Crippen LogP contribution is -2.11. The van der Waals surface area contributed by atoms with Crippen LogP contribution in [-0.2, 0) is 0 Å². The molecule has 216 valence electrons. The molecule has 0 fully saturated rings. The molecule has 0 aliphatic heterocycles.